The zero-order chi connectivity index (χ0) is 24.1. The summed E-state index contributed by atoms with van der Waals surface area (Å²) in [6.07, 6.45) is 0. The lowest BCUT2D eigenvalue weighted by molar-refractivity contribution is -0.130. The number of anilines is 2. The Morgan fingerprint density at radius 2 is 1.59 bits per heavy atom. The van der Waals surface area contributed by atoms with Crippen molar-refractivity contribution >= 4 is 27.3 Å². The van der Waals surface area contributed by atoms with Crippen LogP contribution in [0, 0.1) is 0 Å². The molecular formula is C25H27N3O5S. The molecule has 4 rings (SSSR count). The third-order valence-electron chi connectivity index (χ3n) is 5.35. The molecule has 3 aromatic carbocycles. The maximum atomic E-state index is 12.8. The fourth-order valence-electron chi connectivity index (χ4n) is 3.62. The monoisotopic (exact) mass is 481 g/mol. The normalized spacial score (nSPS) is 13.6. The highest BCUT2D eigenvalue weighted by Gasteiger charge is 2.20. The number of nitrogens with zero attached hydrogens (tertiary/aromatic N) is 1. The Morgan fingerprint density at radius 1 is 0.941 bits per heavy atom. The van der Waals surface area contributed by atoms with Crippen LogP contribution >= 0.6 is 0 Å². The van der Waals surface area contributed by atoms with Crippen molar-refractivity contribution in [1.29, 1.82) is 0 Å². The SMILES string of the molecule is C[C@@H](Nc1ccc(NS(=O)(=O)c2ccc3c(c2)OCCO3)cc1)C(=O)N(C)Cc1ccccc1. The second-order valence-electron chi connectivity index (χ2n) is 8.03. The van der Waals surface area contributed by atoms with Gasteiger partial charge in [0, 0.05) is 31.0 Å². The molecule has 178 valence electrons. The highest BCUT2D eigenvalue weighted by Crippen LogP contribution is 2.32. The van der Waals surface area contributed by atoms with Crippen LogP contribution in [0.15, 0.2) is 77.7 Å². The predicted octanol–water partition coefficient (Wildman–Crippen LogP) is 3.72. The van der Waals surface area contributed by atoms with Crippen LogP contribution in [0.5, 0.6) is 11.5 Å². The lowest BCUT2D eigenvalue weighted by Gasteiger charge is -2.23. The predicted molar refractivity (Wildman–Crippen MR) is 131 cm³/mol. The van der Waals surface area contributed by atoms with Gasteiger partial charge in [0.2, 0.25) is 5.91 Å². The molecule has 0 radical (unpaired) electrons. The molecule has 1 aliphatic heterocycles. The van der Waals surface area contributed by atoms with E-state index in [1.165, 1.54) is 12.1 Å². The standard InChI is InChI=1S/C25H27N3O5S/c1-18(25(29)28(2)17-19-6-4-3-5-7-19)26-20-8-10-21(11-9-20)27-34(30,31)22-12-13-23-24(16-22)33-15-14-32-23/h3-13,16,18,26-27H,14-15,17H2,1-2H3/t18-/m1/s1. The maximum absolute atomic E-state index is 12.8. The summed E-state index contributed by atoms with van der Waals surface area (Å²) in [7, 11) is -2.04. The topological polar surface area (TPSA) is 97.0 Å². The average molecular weight is 482 g/mol. The number of benzene rings is 3. The highest BCUT2D eigenvalue weighted by molar-refractivity contribution is 7.92. The first-order chi connectivity index (χ1) is 16.3. The van der Waals surface area contributed by atoms with E-state index >= 15 is 0 Å². The Hall–Kier alpha value is -3.72. The van der Waals surface area contributed by atoms with E-state index in [4.69, 9.17) is 9.47 Å². The van der Waals surface area contributed by atoms with Crippen molar-refractivity contribution in [2.24, 2.45) is 0 Å². The molecule has 3 aromatic rings. The minimum Gasteiger partial charge on any atom is -0.486 e. The number of ether oxygens (including phenoxy) is 2. The third kappa shape index (κ3) is 5.60. The van der Waals surface area contributed by atoms with Gasteiger partial charge in [0.05, 0.1) is 4.90 Å². The van der Waals surface area contributed by atoms with Gasteiger partial charge in [-0.25, -0.2) is 8.42 Å². The Bertz CT molecular complexity index is 1250. The van der Waals surface area contributed by atoms with Crippen LogP contribution in [0.1, 0.15) is 12.5 Å². The Balaban J connectivity index is 1.36. The fourth-order valence-corrected chi connectivity index (χ4v) is 4.69. The quantitative estimate of drug-likeness (QED) is 0.509. The van der Waals surface area contributed by atoms with Gasteiger partial charge in [0.15, 0.2) is 11.5 Å². The number of carbonyl (C=O) groups excluding carboxylic acids is 1. The molecule has 0 unspecified atom stereocenters. The molecular weight excluding hydrogens is 454 g/mol. The van der Waals surface area contributed by atoms with Crippen LogP contribution in [0.4, 0.5) is 11.4 Å². The van der Waals surface area contributed by atoms with Gasteiger partial charge in [-0.2, -0.15) is 0 Å². The van der Waals surface area contributed by atoms with E-state index < -0.39 is 16.1 Å². The highest BCUT2D eigenvalue weighted by atomic mass is 32.2. The number of fused-ring (bicyclic) bond motifs is 1. The molecule has 0 aromatic heterocycles. The van der Waals surface area contributed by atoms with Crippen molar-refractivity contribution in [2.45, 2.75) is 24.4 Å². The largest absolute Gasteiger partial charge is 0.486 e. The van der Waals surface area contributed by atoms with E-state index in [-0.39, 0.29) is 10.8 Å². The Morgan fingerprint density at radius 3 is 2.29 bits per heavy atom. The van der Waals surface area contributed by atoms with Gasteiger partial charge in [0.1, 0.15) is 19.3 Å². The van der Waals surface area contributed by atoms with E-state index in [0.717, 1.165) is 5.56 Å². The first-order valence-electron chi connectivity index (χ1n) is 10.9. The second-order valence-corrected chi connectivity index (χ2v) is 9.72. The van der Waals surface area contributed by atoms with Crippen molar-refractivity contribution in [3.05, 3.63) is 78.4 Å². The Kier molecular flexibility index (Phi) is 6.93. The number of likely N-dealkylation sites (N-methyl/N-ethyl adjacent to an activating group) is 1. The summed E-state index contributed by atoms with van der Waals surface area (Å²) >= 11 is 0. The minimum absolute atomic E-state index is 0.0489. The molecule has 8 nitrogen and oxygen atoms in total. The fraction of sp³-hybridized carbons (Fsp3) is 0.240. The van der Waals surface area contributed by atoms with Crippen molar-refractivity contribution in [2.75, 3.05) is 30.3 Å². The lowest BCUT2D eigenvalue weighted by Crippen LogP contribution is -2.38. The van der Waals surface area contributed by atoms with E-state index in [2.05, 4.69) is 10.0 Å². The number of rotatable bonds is 8. The van der Waals surface area contributed by atoms with Crippen LogP contribution in [0.3, 0.4) is 0 Å². The zero-order valence-corrected chi connectivity index (χ0v) is 19.8. The summed E-state index contributed by atoms with van der Waals surface area (Å²) in [6.45, 7) is 3.13. The van der Waals surface area contributed by atoms with Gasteiger partial charge < -0.3 is 19.7 Å². The van der Waals surface area contributed by atoms with E-state index in [1.54, 1.807) is 49.2 Å². The summed E-state index contributed by atoms with van der Waals surface area (Å²) in [4.78, 5) is 14.5. The molecule has 0 saturated carbocycles. The summed E-state index contributed by atoms with van der Waals surface area (Å²) in [6, 6.07) is 20.6. The number of amides is 1. The molecule has 1 atom stereocenters. The van der Waals surface area contributed by atoms with E-state index in [1.807, 2.05) is 30.3 Å². The minimum atomic E-state index is -3.80. The van der Waals surface area contributed by atoms with Gasteiger partial charge in [-0.1, -0.05) is 30.3 Å². The first-order valence-corrected chi connectivity index (χ1v) is 12.4. The number of hydrogen-bond acceptors (Lipinski definition) is 6. The number of sulfonamides is 1. The smallest absolute Gasteiger partial charge is 0.262 e. The average Bonchev–Trinajstić information content (AvgIpc) is 2.85. The Labute approximate surface area is 199 Å². The number of carbonyl (C=O) groups is 1. The summed E-state index contributed by atoms with van der Waals surface area (Å²) < 4.78 is 39.1. The van der Waals surface area contributed by atoms with Crippen molar-refractivity contribution in [1.82, 2.24) is 4.90 Å². The van der Waals surface area contributed by atoms with Crippen LogP contribution in [0.25, 0.3) is 0 Å². The molecule has 0 fully saturated rings. The van der Waals surface area contributed by atoms with Crippen LogP contribution in [-0.2, 0) is 21.4 Å². The first kappa shape index (κ1) is 23.4. The molecule has 0 spiro atoms. The molecule has 0 saturated heterocycles. The molecule has 9 heteroatoms. The van der Waals surface area contributed by atoms with Gasteiger partial charge >= 0.3 is 0 Å². The van der Waals surface area contributed by atoms with Gasteiger partial charge in [-0.3, -0.25) is 9.52 Å². The maximum Gasteiger partial charge on any atom is 0.262 e. The zero-order valence-electron chi connectivity index (χ0n) is 19.0. The molecule has 1 heterocycles. The summed E-state index contributed by atoms with van der Waals surface area (Å²) in [5.41, 5.74) is 2.16. The summed E-state index contributed by atoms with van der Waals surface area (Å²) in [5, 5.41) is 3.17. The number of hydrogen-bond donors (Lipinski definition) is 2. The van der Waals surface area contributed by atoms with Gasteiger partial charge in [0.25, 0.3) is 10.0 Å². The summed E-state index contributed by atoms with van der Waals surface area (Å²) in [5.74, 6) is 0.885. The molecule has 1 aliphatic rings. The van der Waals surface area contributed by atoms with Gasteiger partial charge in [-0.15, -0.1) is 0 Å². The van der Waals surface area contributed by atoms with Crippen molar-refractivity contribution < 1.29 is 22.7 Å². The van der Waals surface area contributed by atoms with Crippen LogP contribution < -0.4 is 19.5 Å². The molecule has 0 aliphatic carbocycles. The van der Waals surface area contributed by atoms with Gasteiger partial charge in [-0.05, 0) is 48.9 Å². The van der Waals surface area contributed by atoms with E-state index in [0.29, 0.717) is 42.6 Å². The molecule has 0 bridgehead atoms. The third-order valence-corrected chi connectivity index (χ3v) is 6.73. The lowest BCUT2D eigenvalue weighted by atomic mass is 10.2. The number of nitrogens with one attached hydrogen (secondary N) is 2. The van der Waals surface area contributed by atoms with Crippen molar-refractivity contribution in [3.63, 3.8) is 0 Å². The molecule has 2 N–H and O–H groups in total. The van der Waals surface area contributed by atoms with Crippen molar-refractivity contribution in [3.8, 4) is 11.5 Å². The van der Waals surface area contributed by atoms with Crippen LogP contribution in [0.2, 0.25) is 0 Å². The van der Waals surface area contributed by atoms with E-state index in [9.17, 15) is 13.2 Å². The molecule has 34 heavy (non-hydrogen) atoms. The second kappa shape index (κ2) is 10.0. The molecule has 1 amide bonds. The van der Waals surface area contributed by atoms with Crippen LogP contribution in [-0.4, -0.2) is 45.5 Å².